The first-order valence-electron chi connectivity index (χ1n) is 6.12. The molecule has 0 aliphatic carbocycles. The lowest BCUT2D eigenvalue weighted by Crippen LogP contribution is -1.99. The minimum Gasteiger partial charge on any atom is -0.497 e. The zero-order valence-corrected chi connectivity index (χ0v) is 11.3. The number of aromatic carboxylic acids is 1. The molecule has 4 heteroatoms. The number of hydrogen-bond acceptors (Lipinski definition) is 3. The van der Waals surface area contributed by atoms with Crippen molar-refractivity contribution in [3.05, 3.63) is 59.4 Å². The van der Waals surface area contributed by atoms with Gasteiger partial charge < -0.3 is 9.84 Å². The molecule has 4 nitrogen and oxygen atoms in total. The Kier molecular flexibility index (Phi) is 4.15. The van der Waals surface area contributed by atoms with Crippen molar-refractivity contribution in [1.29, 1.82) is 0 Å². The van der Waals surface area contributed by atoms with Gasteiger partial charge in [-0.15, -0.1) is 0 Å². The van der Waals surface area contributed by atoms with Gasteiger partial charge in [0.25, 0.3) is 0 Å². The predicted octanol–water partition coefficient (Wildman–Crippen LogP) is 3.35. The number of ether oxygens (including phenoxy) is 1. The van der Waals surface area contributed by atoms with Crippen molar-refractivity contribution in [3.8, 4) is 5.75 Å². The average molecular weight is 269 g/mol. The van der Waals surface area contributed by atoms with E-state index in [1.54, 1.807) is 13.3 Å². The number of carbonyl (C=O) groups is 1. The van der Waals surface area contributed by atoms with Gasteiger partial charge in [0.15, 0.2) is 0 Å². The molecule has 0 fully saturated rings. The topological polar surface area (TPSA) is 59.4 Å². The number of hydrogen-bond donors (Lipinski definition) is 1. The predicted molar refractivity (Wildman–Crippen MR) is 77.7 cm³/mol. The molecular weight excluding hydrogens is 254 g/mol. The van der Waals surface area contributed by atoms with Gasteiger partial charge in [-0.3, -0.25) is 4.98 Å². The number of rotatable bonds is 4. The van der Waals surface area contributed by atoms with E-state index in [9.17, 15) is 4.79 Å². The molecule has 2 aromatic rings. The second-order valence-electron chi connectivity index (χ2n) is 4.32. The van der Waals surface area contributed by atoms with Gasteiger partial charge >= 0.3 is 5.97 Å². The van der Waals surface area contributed by atoms with E-state index in [4.69, 9.17) is 9.84 Å². The summed E-state index contributed by atoms with van der Waals surface area (Å²) < 4.78 is 5.11. The molecule has 0 spiro atoms. The molecule has 2 rings (SSSR count). The first-order valence-corrected chi connectivity index (χ1v) is 6.12. The molecule has 1 aromatic heterocycles. The van der Waals surface area contributed by atoms with Crippen molar-refractivity contribution in [2.24, 2.45) is 0 Å². The number of carboxylic acids is 1. The maximum Gasteiger partial charge on any atom is 0.336 e. The van der Waals surface area contributed by atoms with Gasteiger partial charge in [0, 0.05) is 18.0 Å². The summed E-state index contributed by atoms with van der Waals surface area (Å²) in [5.74, 6) is -0.171. The van der Waals surface area contributed by atoms with Crippen molar-refractivity contribution < 1.29 is 14.6 Å². The number of benzene rings is 1. The molecule has 102 valence electrons. The van der Waals surface area contributed by atoms with E-state index in [1.165, 1.54) is 12.3 Å². The van der Waals surface area contributed by atoms with Crippen LogP contribution in [0.25, 0.3) is 11.6 Å². The Morgan fingerprint density at radius 1 is 1.25 bits per heavy atom. The summed E-state index contributed by atoms with van der Waals surface area (Å²) in [5.41, 5.74) is 2.80. The lowest BCUT2D eigenvalue weighted by molar-refractivity contribution is 0.0696. The monoisotopic (exact) mass is 269 g/mol. The Labute approximate surface area is 117 Å². The minimum atomic E-state index is -0.957. The Balaban J connectivity index is 2.36. The molecule has 0 saturated heterocycles. The van der Waals surface area contributed by atoms with E-state index < -0.39 is 5.97 Å². The molecule has 20 heavy (non-hydrogen) atoms. The first kappa shape index (κ1) is 13.8. The SMILES string of the molecule is COc1ccc(C(C)=Cc2cnccc2C(=O)O)cc1. The van der Waals surface area contributed by atoms with Crippen LogP contribution in [0, 0.1) is 0 Å². The number of methoxy groups -OCH3 is 1. The molecule has 0 aliphatic heterocycles. The van der Waals surface area contributed by atoms with Crippen LogP contribution in [0.3, 0.4) is 0 Å². The van der Waals surface area contributed by atoms with Gasteiger partial charge in [-0.05, 0) is 42.3 Å². The van der Waals surface area contributed by atoms with E-state index in [-0.39, 0.29) is 5.56 Å². The third-order valence-corrected chi connectivity index (χ3v) is 3.00. The van der Waals surface area contributed by atoms with E-state index in [2.05, 4.69) is 4.98 Å². The maximum absolute atomic E-state index is 11.1. The molecule has 0 saturated carbocycles. The molecule has 0 atom stereocenters. The molecular formula is C16H15NO3. The summed E-state index contributed by atoms with van der Waals surface area (Å²) >= 11 is 0. The second kappa shape index (κ2) is 6.02. The van der Waals surface area contributed by atoms with E-state index in [1.807, 2.05) is 37.3 Å². The summed E-state index contributed by atoms with van der Waals surface area (Å²) in [4.78, 5) is 15.1. The number of allylic oxidation sites excluding steroid dienone is 1. The van der Waals surface area contributed by atoms with Crippen LogP contribution >= 0.6 is 0 Å². The fraction of sp³-hybridized carbons (Fsp3) is 0.125. The summed E-state index contributed by atoms with van der Waals surface area (Å²) in [6, 6.07) is 9.10. The van der Waals surface area contributed by atoms with E-state index >= 15 is 0 Å². The van der Waals surface area contributed by atoms with E-state index in [0.29, 0.717) is 5.56 Å². The highest BCUT2D eigenvalue weighted by Crippen LogP contribution is 2.21. The number of pyridine rings is 1. The minimum absolute atomic E-state index is 0.243. The summed E-state index contributed by atoms with van der Waals surface area (Å²) in [6.45, 7) is 1.93. The Morgan fingerprint density at radius 2 is 1.95 bits per heavy atom. The third kappa shape index (κ3) is 3.03. The third-order valence-electron chi connectivity index (χ3n) is 3.00. The molecule has 1 aromatic carbocycles. The highest BCUT2D eigenvalue weighted by Gasteiger charge is 2.08. The van der Waals surface area contributed by atoms with Crippen LogP contribution in [0.4, 0.5) is 0 Å². The number of aromatic nitrogens is 1. The highest BCUT2D eigenvalue weighted by molar-refractivity contribution is 5.94. The van der Waals surface area contributed by atoms with Gasteiger partial charge in [0.2, 0.25) is 0 Å². The lowest BCUT2D eigenvalue weighted by atomic mass is 10.0. The fourth-order valence-corrected chi connectivity index (χ4v) is 1.89. The Bertz CT molecular complexity index is 645. The zero-order chi connectivity index (χ0) is 14.5. The normalized spacial score (nSPS) is 11.2. The Morgan fingerprint density at radius 3 is 2.55 bits per heavy atom. The second-order valence-corrected chi connectivity index (χ2v) is 4.32. The molecule has 0 bridgehead atoms. The van der Waals surface area contributed by atoms with Crippen molar-refractivity contribution in [2.75, 3.05) is 7.11 Å². The van der Waals surface area contributed by atoms with Gasteiger partial charge in [0.05, 0.1) is 12.7 Å². The Hall–Kier alpha value is -2.62. The van der Waals surface area contributed by atoms with Gasteiger partial charge in [-0.2, -0.15) is 0 Å². The summed E-state index contributed by atoms with van der Waals surface area (Å²) in [7, 11) is 1.62. The van der Waals surface area contributed by atoms with Gasteiger partial charge in [0.1, 0.15) is 5.75 Å². The number of nitrogens with zero attached hydrogens (tertiary/aromatic N) is 1. The first-order chi connectivity index (χ1) is 9.61. The van der Waals surface area contributed by atoms with Crippen LogP contribution in [0.2, 0.25) is 0 Å². The van der Waals surface area contributed by atoms with Crippen LogP contribution in [-0.4, -0.2) is 23.2 Å². The molecule has 0 radical (unpaired) electrons. The molecule has 1 heterocycles. The van der Waals surface area contributed by atoms with Crippen molar-refractivity contribution >= 4 is 17.6 Å². The maximum atomic E-state index is 11.1. The van der Waals surface area contributed by atoms with Gasteiger partial charge in [-0.1, -0.05) is 12.1 Å². The summed E-state index contributed by atoms with van der Waals surface area (Å²) in [6.07, 6.45) is 4.85. The van der Waals surface area contributed by atoms with Crippen molar-refractivity contribution in [3.63, 3.8) is 0 Å². The largest absolute Gasteiger partial charge is 0.497 e. The van der Waals surface area contributed by atoms with Crippen molar-refractivity contribution in [1.82, 2.24) is 4.98 Å². The smallest absolute Gasteiger partial charge is 0.336 e. The lowest BCUT2D eigenvalue weighted by Gasteiger charge is -2.05. The van der Waals surface area contributed by atoms with Crippen molar-refractivity contribution in [2.45, 2.75) is 6.92 Å². The average Bonchev–Trinajstić information content (AvgIpc) is 2.47. The van der Waals surface area contributed by atoms with Crippen LogP contribution in [0.5, 0.6) is 5.75 Å². The quantitative estimate of drug-likeness (QED) is 0.924. The fourth-order valence-electron chi connectivity index (χ4n) is 1.89. The van der Waals surface area contributed by atoms with Crippen LogP contribution < -0.4 is 4.74 Å². The molecule has 0 amide bonds. The zero-order valence-electron chi connectivity index (χ0n) is 11.3. The molecule has 0 aliphatic rings. The van der Waals surface area contributed by atoms with Crippen LogP contribution in [-0.2, 0) is 0 Å². The molecule has 1 N–H and O–H groups in total. The highest BCUT2D eigenvalue weighted by atomic mass is 16.5. The summed E-state index contributed by atoms with van der Waals surface area (Å²) in [5, 5.41) is 9.14. The van der Waals surface area contributed by atoms with E-state index in [0.717, 1.165) is 16.9 Å². The van der Waals surface area contributed by atoms with Crippen LogP contribution in [0.15, 0.2) is 42.7 Å². The molecule has 0 unspecified atom stereocenters. The van der Waals surface area contributed by atoms with Crippen LogP contribution in [0.1, 0.15) is 28.4 Å². The van der Waals surface area contributed by atoms with Gasteiger partial charge in [-0.25, -0.2) is 4.79 Å². The number of carboxylic acid groups (broad SMARTS) is 1. The standard InChI is InChI=1S/C16H15NO3/c1-11(12-3-5-14(20-2)6-4-12)9-13-10-17-8-7-15(13)16(18)19/h3-10H,1-2H3,(H,18,19).